The van der Waals surface area contributed by atoms with Gasteiger partial charge in [-0.25, -0.2) is 0 Å². The minimum absolute atomic E-state index is 0. The van der Waals surface area contributed by atoms with Gasteiger partial charge in [-0.05, 0) is 26.2 Å². The number of aliphatic imine (C=N–C) groups is 1. The molecule has 20 heavy (non-hydrogen) atoms. The molecular weight excluding hydrogens is 369 g/mol. The second-order valence-electron chi connectivity index (χ2n) is 4.90. The quantitative estimate of drug-likeness (QED) is 0.253. The van der Waals surface area contributed by atoms with Crippen LogP contribution in [0.3, 0.4) is 0 Å². The highest BCUT2D eigenvalue weighted by Crippen LogP contribution is 2.20. The van der Waals surface area contributed by atoms with Gasteiger partial charge in [-0.15, -0.1) is 24.0 Å². The van der Waals surface area contributed by atoms with Gasteiger partial charge < -0.3 is 20.5 Å². The van der Waals surface area contributed by atoms with Crippen molar-refractivity contribution >= 4 is 29.9 Å². The molecule has 0 aromatic carbocycles. The summed E-state index contributed by atoms with van der Waals surface area (Å²) < 4.78 is 5.86. The third-order valence-corrected chi connectivity index (χ3v) is 3.23. The predicted octanol–water partition coefficient (Wildman–Crippen LogP) is 1.89. The van der Waals surface area contributed by atoms with E-state index in [0.29, 0.717) is 12.6 Å². The van der Waals surface area contributed by atoms with Gasteiger partial charge in [0.2, 0.25) is 0 Å². The molecule has 0 aromatic rings. The van der Waals surface area contributed by atoms with E-state index in [2.05, 4.69) is 15.6 Å². The van der Waals surface area contributed by atoms with Gasteiger partial charge in [0, 0.05) is 26.2 Å². The minimum atomic E-state index is 0. The number of rotatable bonds is 8. The molecule has 6 heteroatoms. The lowest BCUT2D eigenvalue weighted by molar-refractivity contribution is 0.0281. The molecule has 0 saturated heterocycles. The maximum Gasteiger partial charge on any atom is 0.191 e. The zero-order valence-corrected chi connectivity index (χ0v) is 14.9. The Hall–Kier alpha value is -0.0800. The predicted molar refractivity (Wildman–Crippen MR) is 93.9 cm³/mol. The van der Waals surface area contributed by atoms with Crippen LogP contribution < -0.4 is 10.6 Å². The molecule has 0 spiro atoms. The van der Waals surface area contributed by atoms with Crippen LogP contribution in [0, 0.1) is 0 Å². The van der Waals surface area contributed by atoms with E-state index >= 15 is 0 Å². The summed E-state index contributed by atoms with van der Waals surface area (Å²) in [5, 5.41) is 15.0. The lowest BCUT2D eigenvalue weighted by atomic mass is 9.98. The van der Waals surface area contributed by atoms with Crippen molar-refractivity contribution in [3.05, 3.63) is 0 Å². The van der Waals surface area contributed by atoms with Gasteiger partial charge in [0.1, 0.15) is 0 Å². The van der Waals surface area contributed by atoms with E-state index in [9.17, 15) is 0 Å². The molecule has 5 nitrogen and oxygen atoms in total. The normalized spacial score (nSPS) is 16.6. The van der Waals surface area contributed by atoms with Crippen LogP contribution in [0.2, 0.25) is 0 Å². The topological polar surface area (TPSA) is 65.9 Å². The van der Waals surface area contributed by atoms with E-state index in [1.165, 1.54) is 32.1 Å². The van der Waals surface area contributed by atoms with Crippen LogP contribution in [0.4, 0.5) is 0 Å². The van der Waals surface area contributed by atoms with Crippen molar-refractivity contribution in [2.45, 2.75) is 51.6 Å². The van der Waals surface area contributed by atoms with Gasteiger partial charge in [0.15, 0.2) is 5.96 Å². The molecule has 1 saturated carbocycles. The van der Waals surface area contributed by atoms with E-state index in [-0.39, 0.29) is 30.6 Å². The van der Waals surface area contributed by atoms with Crippen molar-refractivity contribution in [3.8, 4) is 0 Å². The number of aliphatic hydroxyl groups excluding tert-OH is 1. The summed E-state index contributed by atoms with van der Waals surface area (Å²) in [4.78, 5) is 4.44. The summed E-state index contributed by atoms with van der Waals surface area (Å²) in [5.41, 5.74) is 0. The fourth-order valence-corrected chi connectivity index (χ4v) is 2.25. The third-order valence-electron chi connectivity index (χ3n) is 3.23. The fraction of sp³-hybridized carbons (Fsp3) is 0.929. The highest BCUT2D eigenvalue weighted by molar-refractivity contribution is 14.0. The highest BCUT2D eigenvalue weighted by atomic mass is 127. The first kappa shape index (κ1) is 19.9. The van der Waals surface area contributed by atoms with E-state index in [0.717, 1.165) is 32.1 Å². The van der Waals surface area contributed by atoms with Crippen molar-refractivity contribution in [3.63, 3.8) is 0 Å². The van der Waals surface area contributed by atoms with E-state index in [1.807, 2.05) is 6.92 Å². The average molecular weight is 399 g/mol. The van der Waals surface area contributed by atoms with Crippen molar-refractivity contribution in [2.75, 3.05) is 32.8 Å². The van der Waals surface area contributed by atoms with Gasteiger partial charge in [-0.3, -0.25) is 4.99 Å². The van der Waals surface area contributed by atoms with Crippen LogP contribution in [0.15, 0.2) is 4.99 Å². The Bertz CT molecular complexity index is 247. The molecule has 1 aliphatic carbocycles. The van der Waals surface area contributed by atoms with Gasteiger partial charge in [-0.2, -0.15) is 0 Å². The van der Waals surface area contributed by atoms with Crippen molar-refractivity contribution in [1.82, 2.24) is 10.6 Å². The molecule has 0 heterocycles. The van der Waals surface area contributed by atoms with Gasteiger partial charge in [0.05, 0.1) is 12.7 Å². The van der Waals surface area contributed by atoms with Crippen LogP contribution in [0.25, 0.3) is 0 Å². The fourth-order valence-electron chi connectivity index (χ4n) is 2.25. The molecule has 1 rings (SSSR count). The Morgan fingerprint density at radius 1 is 1.25 bits per heavy atom. The largest absolute Gasteiger partial charge is 0.395 e. The molecule has 0 unspecified atom stereocenters. The second kappa shape index (κ2) is 13.9. The van der Waals surface area contributed by atoms with Crippen LogP contribution in [-0.2, 0) is 4.74 Å². The molecule has 0 bridgehead atoms. The standard InChI is InChI=1S/C14H29N3O2.HI/c1-2-15-14(17-10-11-18)16-9-6-12-19-13-7-4-3-5-8-13;/h13,18H,2-12H2,1H3,(H2,15,16,17);1H. The Labute approximate surface area is 140 Å². The van der Waals surface area contributed by atoms with Crippen molar-refractivity contribution in [2.24, 2.45) is 4.99 Å². The molecule has 0 atom stereocenters. The lowest BCUT2D eigenvalue weighted by Gasteiger charge is -2.21. The minimum Gasteiger partial charge on any atom is -0.395 e. The van der Waals surface area contributed by atoms with Crippen LogP contribution >= 0.6 is 24.0 Å². The summed E-state index contributed by atoms with van der Waals surface area (Å²) in [7, 11) is 0. The number of guanidine groups is 1. The van der Waals surface area contributed by atoms with E-state index in [1.54, 1.807) is 0 Å². The van der Waals surface area contributed by atoms with Crippen LogP contribution in [0.5, 0.6) is 0 Å². The summed E-state index contributed by atoms with van der Waals surface area (Å²) in [5.74, 6) is 0.772. The number of aliphatic hydroxyl groups is 1. The van der Waals surface area contributed by atoms with Gasteiger partial charge >= 0.3 is 0 Å². The molecule has 1 fully saturated rings. The Kier molecular flexibility index (Phi) is 13.8. The molecular formula is C14H30IN3O2. The first-order chi connectivity index (χ1) is 9.36. The zero-order valence-electron chi connectivity index (χ0n) is 12.6. The lowest BCUT2D eigenvalue weighted by Crippen LogP contribution is -2.38. The zero-order chi connectivity index (χ0) is 13.8. The van der Waals surface area contributed by atoms with Crippen molar-refractivity contribution in [1.29, 1.82) is 0 Å². The SMILES string of the molecule is CCNC(=NCCCOC1CCCCC1)NCCO.I. The number of nitrogens with one attached hydrogen (secondary N) is 2. The average Bonchev–Trinajstić information content (AvgIpc) is 2.45. The molecule has 0 radical (unpaired) electrons. The summed E-state index contributed by atoms with van der Waals surface area (Å²) in [6.45, 7) is 5.07. The Morgan fingerprint density at radius 3 is 2.65 bits per heavy atom. The molecule has 3 N–H and O–H groups in total. The highest BCUT2D eigenvalue weighted by Gasteiger charge is 2.12. The number of ether oxygens (including phenoxy) is 1. The summed E-state index contributed by atoms with van der Waals surface area (Å²) in [6.07, 6.45) is 7.89. The number of hydrogen-bond acceptors (Lipinski definition) is 3. The molecule has 1 aliphatic rings. The van der Waals surface area contributed by atoms with Gasteiger partial charge in [0.25, 0.3) is 0 Å². The van der Waals surface area contributed by atoms with E-state index < -0.39 is 0 Å². The van der Waals surface area contributed by atoms with Crippen LogP contribution in [-0.4, -0.2) is 50.0 Å². The molecule has 0 amide bonds. The number of hydrogen-bond donors (Lipinski definition) is 3. The Morgan fingerprint density at radius 2 is 2.00 bits per heavy atom. The monoisotopic (exact) mass is 399 g/mol. The van der Waals surface area contributed by atoms with Crippen molar-refractivity contribution < 1.29 is 9.84 Å². The van der Waals surface area contributed by atoms with Gasteiger partial charge in [-0.1, -0.05) is 19.3 Å². The number of nitrogens with zero attached hydrogens (tertiary/aromatic N) is 1. The first-order valence-corrected chi connectivity index (χ1v) is 7.61. The first-order valence-electron chi connectivity index (χ1n) is 7.61. The third kappa shape index (κ3) is 9.77. The molecule has 0 aliphatic heterocycles. The van der Waals surface area contributed by atoms with Crippen LogP contribution in [0.1, 0.15) is 45.4 Å². The second-order valence-corrected chi connectivity index (χ2v) is 4.90. The Balaban J connectivity index is 0.00000361. The maximum absolute atomic E-state index is 8.77. The number of halogens is 1. The smallest absolute Gasteiger partial charge is 0.191 e. The maximum atomic E-state index is 8.77. The molecule has 0 aromatic heterocycles. The van der Waals surface area contributed by atoms with E-state index in [4.69, 9.17) is 9.84 Å². The molecule has 120 valence electrons. The summed E-state index contributed by atoms with van der Waals surface area (Å²) >= 11 is 0. The summed E-state index contributed by atoms with van der Waals surface area (Å²) in [6, 6.07) is 0.